The lowest BCUT2D eigenvalue weighted by molar-refractivity contribution is -0.144. The minimum absolute atomic E-state index is 0.0996. The van der Waals surface area contributed by atoms with Gasteiger partial charge in [0.05, 0.1) is 13.0 Å². The number of hydrogen-bond acceptors (Lipinski definition) is 2. The molecule has 0 saturated heterocycles. The van der Waals surface area contributed by atoms with Crippen LogP contribution >= 0.6 is 0 Å². The van der Waals surface area contributed by atoms with Gasteiger partial charge in [0.25, 0.3) is 0 Å². The summed E-state index contributed by atoms with van der Waals surface area (Å²) in [5.74, 6) is 5.24. The van der Waals surface area contributed by atoms with E-state index in [2.05, 4.69) is 16.6 Å². The highest BCUT2D eigenvalue weighted by Crippen LogP contribution is 2.01. The smallest absolute Gasteiger partial charge is 0.309 e. The fraction of sp³-hybridized carbons (Fsp3) is 0.625. The number of carbonyl (C=O) groups excluding carboxylic acids is 1. The highest BCUT2D eigenvalue weighted by Gasteiger charge is 2.09. The van der Waals surface area contributed by atoms with Crippen LogP contribution in [0.4, 0.5) is 0 Å². The van der Waals surface area contributed by atoms with E-state index in [1.807, 2.05) is 0 Å². The Balaban J connectivity index is 3.69. The number of rotatable bonds is 2. The van der Waals surface area contributed by atoms with Crippen LogP contribution in [0.25, 0.3) is 0 Å². The molecule has 10 heavy (non-hydrogen) atoms. The third-order valence-corrected chi connectivity index (χ3v) is 1.19. The molecule has 0 aromatic heterocycles. The molecule has 0 aliphatic heterocycles. The molecule has 0 rings (SSSR count). The summed E-state index contributed by atoms with van der Waals surface area (Å²) in [6.07, 6.45) is 0.586. The van der Waals surface area contributed by atoms with E-state index >= 15 is 0 Å². The molecule has 0 fully saturated rings. The molecule has 1 atom stereocenters. The monoisotopic (exact) mass is 140 g/mol. The average molecular weight is 140 g/mol. The summed E-state index contributed by atoms with van der Waals surface area (Å²) in [5.41, 5.74) is 0. The molecule has 0 radical (unpaired) electrons. The number of ether oxygens (including phenoxy) is 1. The molecule has 0 aromatic rings. The number of esters is 1. The van der Waals surface area contributed by atoms with Crippen molar-refractivity contribution in [1.82, 2.24) is 0 Å². The maximum atomic E-state index is 10.7. The van der Waals surface area contributed by atoms with E-state index in [0.29, 0.717) is 6.42 Å². The van der Waals surface area contributed by atoms with E-state index < -0.39 is 0 Å². The van der Waals surface area contributed by atoms with Crippen molar-refractivity contribution in [2.24, 2.45) is 5.92 Å². The fourth-order valence-corrected chi connectivity index (χ4v) is 0.540. The molecular weight excluding hydrogens is 128 g/mol. The van der Waals surface area contributed by atoms with Crippen LogP contribution in [-0.4, -0.2) is 13.1 Å². The lowest BCUT2D eigenvalue weighted by atomic mass is 10.1. The van der Waals surface area contributed by atoms with Gasteiger partial charge >= 0.3 is 5.97 Å². The van der Waals surface area contributed by atoms with Gasteiger partial charge in [0.15, 0.2) is 0 Å². The molecule has 0 amide bonds. The van der Waals surface area contributed by atoms with Crippen LogP contribution in [-0.2, 0) is 9.53 Å². The molecule has 0 N–H and O–H groups in total. The second-order valence-electron chi connectivity index (χ2n) is 2.06. The molecule has 0 heterocycles. The Bertz CT molecular complexity index is 162. The van der Waals surface area contributed by atoms with Gasteiger partial charge in [-0.25, -0.2) is 0 Å². The van der Waals surface area contributed by atoms with Gasteiger partial charge in [0.1, 0.15) is 0 Å². The van der Waals surface area contributed by atoms with Crippen molar-refractivity contribution in [3.63, 3.8) is 0 Å². The molecule has 56 valence electrons. The van der Waals surface area contributed by atoms with Gasteiger partial charge in [-0.15, -0.1) is 11.8 Å². The summed E-state index contributed by atoms with van der Waals surface area (Å²) in [4.78, 5) is 10.7. The molecule has 0 aliphatic carbocycles. The van der Waals surface area contributed by atoms with Crippen molar-refractivity contribution in [3.8, 4) is 11.8 Å². The summed E-state index contributed by atoms with van der Waals surface area (Å²) in [5, 5.41) is 0. The van der Waals surface area contributed by atoms with E-state index in [4.69, 9.17) is 0 Å². The largest absolute Gasteiger partial charge is 0.469 e. The highest BCUT2D eigenvalue weighted by molar-refractivity contribution is 5.72. The number of hydrogen-bond donors (Lipinski definition) is 0. The van der Waals surface area contributed by atoms with Gasteiger partial charge in [0, 0.05) is 6.42 Å². The van der Waals surface area contributed by atoms with Crippen molar-refractivity contribution in [2.75, 3.05) is 7.11 Å². The van der Waals surface area contributed by atoms with Crippen LogP contribution in [0.2, 0.25) is 0 Å². The third-order valence-electron chi connectivity index (χ3n) is 1.19. The first-order chi connectivity index (χ1) is 4.72. The molecule has 0 aromatic carbocycles. The molecule has 0 unspecified atom stereocenters. The second-order valence-corrected chi connectivity index (χ2v) is 2.06. The Hall–Kier alpha value is -0.970. The molecule has 0 aliphatic rings. The lowest BCUT2D eigenvalue weighted by Gasteiger charge is -2.02. The van der Waals surface area contributed by atoms with E-state index in [1.54, 1.807) is 13.8 Å². The summed E-state index contributed by atoms with van der Waals surface area (Å²) < 4.78 is 4.50. The van der Waals surface area contributed by atoms with Crippen molar-refractivity contribution in [2.45, 2.75) is 20.3 Å². The van der Waals surface area contributed by atoms with Gasteiger partial charge in [0.2, 0.25) is 0 Å². The van der Waals surface area contributed by atoms with Crippen LogP contribution in [0.5, 0.6) is 0 Å². The van der Waals surface area contributed by atoms with Crippen molar-refractivity contribution in [1.29, 1.82) is 0 Å². The second kappa shape index (κ2) is 4.87. The van der Waals surface area contributed by atoms with Crippen molar-refractivity contribution >= 4 is 5.97 Å². The molecule has 2 nitrogen and oxygen atoms in total. The Morgan fingerprint density at radius 3 is 2.70 bits per heavy atom. The van der Waals surface area contributed by atoms with Gasteiger partial charge in [-0.2, -0.15) is 0 Å². The minimum Gasteiger partial charge on any atom is -0.469 e. The fourth-order valence-electron chi connectivity index (χ4n) is 0.540. The number of carbonyl (C=O) groups is 1. The Morgan fingerprint density at radius 2 is 2.30 bits per heavy atom. The predicted octanol–water partition coefficient (Wildman–Crippen LogP) is 1.21. The summed E-state index contributed by atoms with van der Waals surface area (Å²) >= 11 is 0. The summed E-state index contributed by atoms with van der Waals surface area (Å²) in [6.45, 7) is 3.56. The zero-order valence-corrected chi connectivity index (χ0v) is 6.60. The standard InChI is InChI=1S/C8H12O2/c1-4-5-6-7(2)8(9)10-3/h7H,6H2,1-3H3/t7-/m0/s1. The first-order valence-corrected chi connectivity index (χ1v) is 3.19. The summed E-state index contributed by atoms with van der Waals surface area (Å²) in [6, 6.07) is 0. The highest BCUT2D eigenvalue weighted by atomic mass is 16.5. The Kier molecular flexibility index (Phi) is 4.39. The first-order valence-electron chi connectivity index (χ1n) is 3.19. The van der Waals surface area contributed by atoms with Gasteiger partial charge in [-0.1, -0.05) is 6.92 Å². The van der Waals surface area contributed by atoms with Crippen molar-refractivity contribution < 1.29 is 9.53 Å². The summed E-state index contributed by atoms with van der Waals surface area (Å²) in [7, 11) is 1.39. The van der Waals surface area contributed by atoms with Gasteiger partial charge < -0.3 is 4.74 Å². The topological polar surface area (TPSA) is 26.3 Å². The normalized spacial score (nSPS) is 11.1. The van der Waals surface area contributed by atoms with E-state index in [-0.39, 0.29) is 11.9 Å². The molecule has 0 saturated carbocycles. The maximum Gasteiger partial charge on any atom is 0.309 e. The SMILES string of the molecule is CC#CC[C@H](C)C(=O)OC. The van der Waals surface area contributed by atoms with Gasteiger partial charge in [-0.3, -0.25) is 4.79 Å². The molecule has 0 spiro atoms. The average Bonchev–Trinajstić information content (AvgIpc) is 1.98. The Labute approximate surface area is 61.6 Å². The first kappa shape index (κ1) is 9.03. The van der Waals surface area contributed by atoms with Crippen molar-refractivity contribution in [3.05, 3.63) is 0 Å². The van der Waals surface area contributed by atoms with Crippen LogP contribution in [0.3, 0.4) is 0 Å². The lowest BCUT2D eigenvalue weighted by Crippen LogP contribution is -2.11. The molecule has 0 bridgehead atoms. The molecular formula is C8H12O2. The predicted molar refractivity (Wildman–Crippen MR) is 39.2 cm³/mol. The maximum absolute atomic E-state index is 10.7. The van der Waals surface area contributed by atoms with E-state index in [0.717, 1.165) is 0 Å². The van der Waals surface area contributed by atoms with Crippen LogP contribution in [0.1, 0.15) is 20.3 Å². The van der Waals surface area contributed by atoms with Gasteiger partial charge in [-0.05, 0) is 6.92 Å². The van der Waals surface area contributed by atoms with E-state index in [9.17, 15) is 4.79 Å². The van der Waals surface area contributed by atoms with E-state index in [1.165, 1.54) is 7.11 Å². The third kappa shape index (κ3) is 3.13. The zero-order valence-electron chi connectivity index (χ0n) is 6.60. The zero-order chi connectivity index (χ0) is 7.98. The minimum atomic E-state index is -0.192. The van der Waals surface area contributed by atoms with Crippen LogP contribution in [0.15, 0.2) is 0 Å². The Morgan fingerprint density at radius 1 is 1.70 bits per heavy atom. The number of methoxy groups -OCH3 is 1. The molecule has 2 heteroatoms. The van der Waals surface area contributed by atoms with Crippen LogP contribution < -0.4 is 0 Å². The van der Waals surface area contributed by atoms with Crippen LogP contribution in [0, 0.1) is 17.8 Å². The quantitative estimate of drug-likeness (QED) is 0.425.